The molecule has 1 aliphatic heterocycles. The molecular weight excluding hydrogens is 415 g/mol. The second kappa shape index (κ2) is 7.35. The van der Waals surface area contributed by atoms with E-state index in [0.717, 1.165) is 60.6 Å². The normalized spacial score (nSPS) is 19.4. The minimum atomic E-state index is -0.257. The molecule has 0 saturated carbocycles. The Morgan fingerprint density at radius 2 is 1.91 bits per heavy atom. The molecule has 0 bridgehead atoms. The van der Waals surface area contributed by atoms with Crippen molar-refractivity contribution in [3.63, 3.8) is 0 Å². The monoisotopic (exact) mass is 442 g/mol. The number of anilines is 1. The fourth-order valence-electron chi connectivity index (χ4n) is 5.73. The Labute approximate surface area is 192 Å². The lowest BCUT2D eigenvalue weighted by Crippen LogP contribution is -2.44. The van der Waals surface area contributed by atoms with Crippen LogP contribution in [0.3, 0.4) is 0 Å². The fraction of sp³-hybridized carbons (Fsp3) is 0.346. The zero-order valence-corrected chi connectivity index (χ0v) is 18.9. The van der Waals surface area contributed by atoms with Crippen molar-refractivity contribution >= 4 is 11.3 Å². The summed E-state index contributed by atoms with van der Waals surface area (Å²) in [5, 5.41) is 4.54. The third-order valence-electron chi connectivity index (χ3n) is 7.58. The van der Waals surface area contributed by atoms with Crippen LogP contribution in [0.5, 0.6) is 0 Å². The van der Waals surface area contributed by atoms with Gasteiger partial charge in [-0.3, -0.25) is 4.98 Å². The third-order valence-corrected chi connectivity index (χ3v) is 7.58. The molecule has 1 aromatic carbocycles. The largest absolute Gasteiger partial charge is 0.355 e. The molecule has 1 aliphatic carbocycles. The minimum Gasteiger partial charge on any atom is -0.355 e. The van der Waals surface area contributed by atoms with Crippen molar-refractivity contribution in [2.24, 2.45) is 11.1 Å². The Balaban J connectivity index is 1.34. The molecule has 6 nitrogen and oxygen atoms in total. The van der Waals surface area contributed by atoms with Crippen LogP contribution in [0.4, 0.5) is 10.2 Å². The molecule has 6 rings (SSSR count). The molecule has 0 radical (unpaired) electrons. The summed E-state index contributed by atoms with van der Waals surface area (Å²) < 4.78 is 16.7. The van der Waals surface area contributed by atoms with Gasteiger partial charge in [0.2, 0.25) is 0 Å². The number of nitrogens with zero attached hydrogens (tertiary/aromatic N) is 5. The highest BCUT2D eigenvalue weighted by molar-refractivity contribution is 5.76. The zero-order chi connectivity index (χ0) is 22.7. The number of benzene rings is 1. The standard InChI is InChI=1S/C26H27FN6/c1-16-5-6-18(20(27)14-16)23-17(2)31-25(22-7-11-30-33(22)23)32-12-8-26(9-13-32)15-21-19(24(26)28)4-3-10-29-21/h3-7,10-11,14,24H,8-9,12-13,15,28H2,1-2H3/t24-/m1/s1. The molecule has 33 heavy (non-hydrogen) atoms. The molecule has 0 amide bonds. The SMILES string of the molecule is Cc1ccc(-c2c(C)nc(N3CCC4(CC3)Cc3ncccc3[C@H]4N)c3ccnn23)c(F)c1. The molecular formula is C26H27FN6. The number of rotatable bonds is 2. The lowest BCUT2D eigenvalue weighted by atomic mass is 9.73. The number of halogens is 1. The van der Waals surface area contributed by atoms with E-state index in [-0.39, 0.29) is 17.3 Å². The van der Waals surface area contributed by atoms with Crippen molar-refractivity contribution < 1.29 is 4.39 Å². The molecule has 4 heterocycles. The number of hydrogen-bond acceptors (Lipinski definition) is 5. The van der Waals surface area contributed by atoms with E-state index < -0.39 is 0 Å². The maximum absolute atomic E-state index is 14.8. The summed E-state index contributed by atoms with van der Waals surface area (Å²) in [5.41, 5.74) is 12.9. The van der Waals surface area contributed by atoms with Gasteiger partial charge in [-0.25, -0.2) is 13.9 Å². The molecule has 0 unspecified atom stereocenters. The van der Waals surface area contributed by atoms with Gasteiger partial charge in [-0.05, 0) is 73.9 Å². The van der Waals surface area contributed by atoms with Crippen molar-refractivity contribution in [2.75, 3.05) is 18.0 Å². The second-order valence-electron chi connectivity index (χ2n) is 9.52. The first-order chi connectivity index (χ1) is 16.0. The number of aryl methyl sites for hydroxylation is 2. The van der Waals surface area contributed by atoms with E-state index in [9.17, 15) is 4.39 Å². The van der Waals surface area contributed by atoms with Gasteiger partial charge in [0.15, 0.2) is 5.82 Å². The maximum Gasteiger partial charge on any atom is 0.155 e. The number of nitrogens with two attached hydrogens (primary N) is 1. The van der Waals surface area contributed by atoms with E-state index in [0.29, 0.717) is 11.3 Å². The third kappa shape index (κ3) is 3.06. The fourth-order valence-corrected chi connectivity index (χ4v) is 5.73. The topological polar surface area (TPSA) is 72.3 Å². The van der Waals surface area contributed by atoms with Gasteiger partial charge >= 0.3 is 0 Å². The van der Waals surface area contributed by atoms with E-state index >= 15 is 0 Å². The number of aromatic nitrogens is 4. The first-order valence-electron chi connectivity index (χ1n) is 11.5. The molecule has 3 aromatic heterocycles. The summed E-state index contributed by atoms with van der Waals surface area (Å²) in [7, 11) is 0. The molecule has 1 spiro atoms. The molecule has 1 fully saturated rings. The smallest absolute Gasteiger partial charge is 0.155 e. The van der Waals surface area contributed by atoms with Gasteiger partial charge < -0.3 is 10.6 Å². The average molecular weight is 443 g/mol. The number of fused-ring (bicyclic) bond motifs is 2. The van der Waals surface area contributed by atoms with Crippen molar-refractivity contribution in [1.29, 1.82) is 0 Å². The summed E-state index contributed by atoms with van der Waals surface area (Å²) in [6, 6.07) is 11.4. The van der Waals surface area contributed by atoms with Crippen LogP contribution >= 0.6 is 0 Å². The predicted octanol–water partition coefficient (Wildman–Crippen LogP) is 4.39. The molecule has 168 valence electrons. The zero-order valence-electron chi connectivity index (χ0n) is 18.9. The summed E-state index contributed by atoms with van der Waals surface area (Å²) >= 11 is 0. The van der Waals surface area contributed by atoms with Crippen molar-refractivity contribution in [2.45, 2.75) is 39.2 Å². The quantitative estimate of drug-likeness (QED) is 0.499. The van der Waals surface area contributed by atoms with Crippen LogP contribution in [-0.2, 0) is 6.42 Å². The van der Waals surface area contributed by atoms with Gasteiger partial charge in [0.25, 0.3) is 0 Å². The molecule has 1 saturated heterocycles. The van der Waals surface area contributed by atoms with Gasteiger partial charge in [0, 0.05) is 36.6 Å². The first-order valence-corrected chi connectivity index (χ1v) is 11.5. The predicted molar refractivity (Wildman–Crippen MR) is 127 cm³/mol. The Hall–Kier alpha value is -3.32. The highest BCUT2D eigenvalue weighted by Gasteiger charge is 2.46. The van der Waals surface area contributed by atoms with Gasteiger partial charge in [-0.2, -0.15) is 5.10 Å². The molecule has 7 heteroatoms. The van der Waals surface area contributed by atoms with Crippen molar-refractivity contribution in [1.82, 2.24) is 19.6 Å². The Kier molecular flexibility index (Phi) is 4.52. The average Bonchev–Trinajstić information content (AvgIpc) is 3.39. The van der Waals surface area contributed by atoms with E-state index in [2.05, 4.69) is 21.0 Å². The lowest BCUT2D eigenvalue weighted by molar-refractivity contribution is 0.187. The van der Waals surface area contributed by atoms with E-state index in [4.69, 9.17) is 10.7 Å². The summed E-state index contributed by atoms with van der Waals surface area (Å²) in [6.07, 6.45) is 6.54. The van der Waals surface area contributed by atoms with Gasteiger partial charge in [0.1, 0.15) is 11.3 Å². The highest BCUT2D eigenvalue weighted by Crippen LogP contribution is 2.50. The number of pyridine rings is 1. The van der Waals surface area contributed by atoms with Crippen LogP contribution in [0.25, 0.3) is 16.8 Å². The van der Waals surface area contributed by atoms with Crippen molar-refractivity contribution in [3.8, 4) is 11.3 Å². The first kappa shape index (κ1) is 20.3. The summed E-state index contributed by atoms with van der Waals surface area (Å²) in [4.78, 5) is 11.9. The summed E-state index contributed by atoms with van der Waals surface area (Å²) in [5.74, 6) is 0.645. The van der Waals surface area contributed by atoms with Gasteiger partial charge in [-0.1, -0.05) is 12.1 Å². The second-order valence-corrected chi connectivity index (χ2v) is 9.52. The van der Waals surface area contributed by atoms with Crippen LogP contribution in [0.15, 0.2) is 48.8 Å². The Morgan fingerprint density at radius 3 is 2.67 bits per heavy atom. The van der Waals surface area contributed by atoms with E-state index in [1.54, 1.807) is 12.3 Å². The van der Waals surface area contributed by atoms with Crippen LogP contribution in [0.1, 0.15) is 41.4 Å². The van der Waals surface area contributed by atoms with Crippen LogP contribution in [0, 0.1) is 25.1 Å². The van der Waals surface area contributed by atoms with Crippen LogP contribution in [-0.4, -0.2) is 32.7 Å². The number of piperidine rings is 1. The lowest BCUT2D eigenvalue weighted by Gasteiger charge is -2.42. The summed E-state index contributed by atoms with van der Waals surface area (Å²) in [6.45, 7) is 5.55. The number of hydrogen-bond donors (Lipinski definition) is 1. The highest BCUT2D eigenvalue weighted by atomic mass is 19.1. The molecule has 4 aromatic rings. The van der Waals surface area contributed by atoms with Crippen molar-refractivity contribution in [3.05, 3.63) is 77.1 Å². The van der Waals surface area contributed by atoms with E-state index in [1.165, 1.54) is 5.56 Å². The Bertz CT molecular complexity index is 1370. The minimum absolute atomic E-state index is 0.0277. The van der Waals surface area contributed by atoms with Gasteiger partial charge in [-0.15, -0.1) is 0 Å². The van der Waals surface area contributed by atoms with Crippen LogP contribution in [0.2, 0.25) is 0 Å². The van der Waals surface area contributed by atoms with Crippen LogP contribution < -0.4 is 10.6 Å². The Morgan fingerprint density at radius 1 is 1.09 bits per heavy atom. The molecule has 2 aliphatic rings. The molecule has 1 atom stereocenters. The molecule has 2 N–H and O–H groups in total. The maximum atomic E-state index is 14.8. The van der Waals surface area contributed by atoms with Gasteiger partial charge in [0.05, 0.1) is 17.6 Å². The van der Waals surface area contributed by atoms with E-state index in [1.807, 2.05) is 48.8 Å².